The van der Waals surface area contributed by atoms with E-state index < -0.39 is 0 Å². The molecule has 0 saturated carbocycles. The minimum absolute atomic E-state index is 0.143. The zero-order chi connectivity index (χ0) is 15.2. The maximum Gasteiger partial charge on any atom is 0.161 e. The highest BCUT2D eigenvalue weighted by molar-refractivity contribution is 7.07. The molecule has 0 aliphatic heterocycles. The van der Waals surface area contributed by atoms with Crippen molar-refractivity contribution >= 4 is 11.3 Å². The summed E-state index contributed by atoms with van der Waals surface area (Å²) in [6.45, 7) is 1.43. The molecule has 0 spiro atoms. The van der Waals surface area contributed by atoms with E-state index in [2.05, 4.69) is 28.8 Å². The summed E-state index contributed by atoms with van der Waals surface area (Å²) in [5, 5.41) is 4.26. The molecule has 0 amide bonds. The van der Waals surface area contributed by atoms with Gasteiger partial charge >= 0.3 is 0 Å². The quantitative estimate of drug-likeness (QED) is 0.854. The number of likely N-dealkylation sites (N-methyl/N-ethyl adjacent to an activating group) is 1. The Hall–Kier alpha value is -1.56. The highest BCUT2D eigenvalue weighted by atomic mass is 32.1. The number of hydrogen-bond acceptors (Lipinski definition) is 5. The van der Waals surface area contributed by atoms with Crippen LogP contribution in [0.5, 0.6) is 11.5 Å². The van der Waals surface area contributed by atoms with Crippen molar-refractivity contribution in [3.05, 3.63) is 46.2 Å². The average Bonchev–Trinajstić information content (AvgIpc) is 3.00. The van der Waals surface area contributed by atoms with E-state index in [0.29, 0.717) is 6.54 Å². The standard InChI is InChI=1S/C16H22N2O2S/c1-18(10-12-6-7-21-11-12)14(9-17)13-4-5-15(19-2)16(8-13)20-3/h4-8,11,14H,9-10,17H2,1-3H3. The van der Waals surface area contributed by atoms with Crippen LogP contribution < -0.4 is 15.2 Å². The Morgan fingerprint density at radius 2 is 1.95 bits per heavy atom. The van der Waals surface area contributed by atoms with E-state index >= 15 is 0 Å². The van der Waals surface area contributed by atoms with Gasteiger partial charge in [0, 0.05) is 19.1 Å². The Morgan fingerprint density at radius 3 is 2.52 bits per heavy atom. The third-order valence-electron chi connectivity index (χ3n) is 3.56. The molecular formula is C16H22N2O2S. The molecule has 0 radical (unpaired) electrons. The summed E-state index contributed by atoms with van der Waals surface area (Å²) in [5.74, 6) is 1.47. The van der Waals surface area contributed by atoms with Crippen LogP contribution in [0.4, 0.5) is 0 Å². The number of methoxy groups -OCH3 is 2. The Bertz CT molecular complexity index is 557. The highest BCUT2D eigenvalue weighted by Crippen LogP contribution is 2.31. The number of rotatable bonds is 7. The molecule has 4 nitrogen and oxygen atoms in total. The molecule has 1 aromatic carbocycles. The number of hydrogen-bond donors (Lipinski definition) is 1. The lowest BCUT2D eigenvalue weighted by Crippen LogP contribution is -2.30. The predicted octanol–water partition coefficient (Wildman–Crippen LogP) is 2.90. The van der Waals surface area contributed by atoms with Gasteiger partial charge in [0.1, 0.15) is 0 Å². The third kappa shape index (κ3) is 3.75. The van der Waals surface area contributed by atoms with E-state index in [0.717, 1.165) is 23.6 Å². The van der Waals surface area contributed by atoms with Gasteiger partial charge in [0.2, 0.25) is 0 Å². The normalized spacial score (nSPS) is 12.4. The molecule has 2 aromatic rings. The van der Waals surface area contributed by atoms with Gasteiger partial charge in [-0.1, -0.05) is 6.07 Å². The van der Waals surface area contributed by atoms with Crippen LogP contribution in [0.15, 0.2) is 35.0 Å². The molecule has 0 fully saturated rings. The zero-order valence-corrected chi connectivity index (χ0v) is 13.5. The fourth-order valence-corrected chi connectivity index (χ4v) is 3.07. The summed E-state index contributed by atoms with van der Waals surface area (Å²) in [7, 11) is 5.38. The molecule has 114 valence electrons. The van der Waals surface area contributed by atoms with E-state index in [1.807, 2.05) is 18.2 Å². The van der Waals surface area contributed by atoms with E-state index in [-0.39, 0.29) is 6.04 Å². The van der Waals surface area contributed by atoms with Gasteiger partial charge in [-0.05, 0) is 47.1 Å². The van der Waals surface area contributed by atoms with Crippen molar-refractivity contribution in [2.45, 2.75) is 12.6 Å². The minimum Gasteiger partial charge on any atom is -0.493 e. The molecule has 0 saturated heterocycles. The van der Waals surface area contributed by atoms with Crippen LogP contribution in [-0.2, 0) is 6.54 Å². The predicted molar refractivity (Wildman–Crippen MR) is 87.1 cm³/mol. The van der Waals surface area contributed by atoms with E-state index in [4.69, 9.17) is 15.2 Å². The van der Waals surface area contributed by atoms with Gasteiger partial charge in [-0.25, -0.2) is 0 Å². The van der Waals surface area contributed by atoms with Gasteiger partial charge in [0.05, 0.1) is 14.2 Å². The van der Waals surface area contributed by atoms with Crippen LogP contribution >= 0.6 is 11.3 Å². The number of thiophene rings is 1. The second-order valence-corrected chi connectivity index (χ2v) is 5.69. The van der Waals surface area contributed by atoms with Crippen molar-refractivity contribution in [3.8, 4) is 11.5 Å². The molecule has 2 N–H and O–H groups in total. The smallest absolute Gasteiger partial charge is 0.161 e. The van der Waals surface area contributed by atoms with Crippen LogP contribution in [0, 0.1) is 0 Å². The van der Waals surface area contributed by atoms with E-state index in [9.17, 15) is 0 Å². The van der Waals surface area contributed by atoms with Crippen molar-refractivity contribution in [2.24, 2.45) is 5.73 Å². The lowest BCUT2D eigenvalue weighted by molar-refractivity contribution is 0.241. The van der Waals surface area contributed by atoms with Gasteiger partial charge in [-0.3, -0.25) is 4.90 Å². The van der Waals surface area contributed by atoms with Gasteiger partial charge in [-0.15, -0.1) is 0 Å². The van der Waals surface area contributed by atoms with Crippen molar-refractivity contribution < 1.29 is 9.47 Å². The average molecular weight is 306 g/mol. The molecule has 2 rings (SSSR count). The number of benzene rings is 1. The first-order valence-corrected chi connectivity index (χ1v) is 7.77. The third-order valence-corrected chi connectivity index (χ3v) is 4.29. The van der Waals surface area contributed by atoms with Gasteiger partial charge < -0.3 is 15.2 Å². The molecule has 1 heterocycles. The monoisotopic (exact) mass is 306 g/mol. The Labute approximate surface area is 130 Å². The topological polar surface area (TPSA) is 47.7 Å². The van der Waals surface area contributed by atoms with Crippen molar-refractivity contribution in [2.75, 3.05) is 27.8 Å². The molecule has 0 bridgehead atoms. The van der Waals surface area contributed by atoms with Crippen LogP contribution in [0.3, 0.4) is 0 Å². The molecule has 0 aliphatic carbocycles. The second-order valence-electron chi connectivity index (χ2n) is 4.91. The van der Waals surface area contributed by atoms with Crippen LogP contribution in [0.25, 0.3) is 0 Å². The molecule has 1 atom stereocenters. The summed E-state index contributed by atoms with van der Waals surface area (Å²) in [6.07, 6.45) is 0. The van der Waals surface area contributed by atoms with Crippen LogP contribution in [0.1, 0.15) is 17.2 Å². The summed E-state index contributed by atoms with van der Waals surface area (Å²) in [4.78, 5) is 2.25. The van der Waals surface area contributed by atoms with Gasteiger partial charge in [-0.2, -0.15) is 11.3 Å². The van der Waals surface area contributed by atoms with E-state index in [1.54, 1.807) is 25.6 Å². The van der Waals surface area contributed by atoms with Crippen molar-refractivity contribution in [1.29, 1.82) is 0 Å². The molecule has 1 aromatic heterocycles. The number of nitrogens with two attached hydrogens (primary N) is 1. The summed E-state index contributed by atoms with van der Waals surface area (Å²) < 4.78 is 10.7. The van der Waals surface area contributed by atoms with Gasteiger partial charge in [0.25, 0.3) is 0 Å². The first-order chi connectivity index (χ1) is 10.2. The molecule has 21 heavy (non-hydrogen) atoms. The van der Waals surface area contributed by atoms with E-state index in [1.165, 1.54) is 5.56 Å². The molecule has 1 unspecified atom stereocenters. The highest BCUT2D eigenvalue weighted by Gasteiger charge is 2.18. The fourth-order valence-electron chi connectivity index (χ4n) is 2.41. The second kappa shape index (κ2) is 7.45. The molecule has 5 heteroatoms. The van der Waals surface area contributed by atoms with Crippen molar-refractivity contribution in [1.82, 2.24) is 4.90 Å². The fraction of sp³-hybridized carbons (Fsp3) is 0.375. The summed E-state index contributed by atoms with van der Waals surface area (Å²) in [6, 6.07) is 8.26. The lowest BCUT2D eigenvalue weighted by Gasteiger charge is -2.27. The Balaban J connectivity index is 2.20. The van der Waals surface area contributed by atoms with Gasteiger partial charge in [0.15, 0.2) is 11.5 Å². The van der Waals surface area contributed by atoms with Crippen LogP contribution in [-0.4, -0.2) is 32.7 Å². The maximum atomic E-state index is 5.99. The summed E-state index contributed by atoms with van der Waals surface area (Å²) >= 11 is 1.71. The number of ether oxygens (including phenoxy) is 2. The minimum atomic E-state index is 0.143. The zero-order valence-electron chi connectivity index (χ0n) is 12.7. The SMILES string of the molecule is COc1ccc(C(CN)N(C)Cc2ccsc2)cc1OC. The van der Waals surface area contributed by atoms with Crippen LogP contribution in [0.2, 0.25) is 0 Å². The Morgan fingerprint density at radius 1 is 1.19 bits per heavy atom. The molecule has 0 aliphatic rings. The first kappa shape index (κ1) is 15.8. The lowest BCUT2D eigenvalue weighted by atomic mass is 10.0. The molecular weight excluding hydrogens is 284 g/mol. The first-order valence-electron chi connectivity index (χ1n) is 6.83. The largest absolute Gasteiger partial charge is 0.493 e. The van der Waals surface area contributed by atoms with Crippen molar-refractivity contribution in [3.63, 3.8) is 0 Å². The maximum absolute atomic E-state index is 5.99. The summed E-state index contributed by atoms with van der Waals surface area (Å²) in [5.41, 5.74) is 8.42. The Kier molecular flexibility index (Phi) is 5.61. The number of nitrogens with zero attached hydrogens (tertiary/aromatic N) is 1.